The molecule has 3 aliphatic rings. The van der Waals surface area contributed by atoms with Crippen LogP contribution in [0.4, 0.5) is 0 Å². The molecule has 0 saturated heterocycles. The summed E-state index contributed by atoms with van der Waals surface area (Å²) in [4.78, 5) is 28.3. The van der Waals surface area contributed by atoms with Crippen molar-refractivity contribution in [2.45, 2.75) is 17.8 Å². The first-order valence-electron chi connectivity index (χ1n) is 12.0. The third-order valence-electron chi connectivity index (χ3n) is 7.83. The lowest BCUT2D eigenvalue weighted by atomic mass is 9.45. The Hall–Kier alpha value is -4.08. The van der Waals surface area contributed by atoms with Gasteiger partial charge in [0.15, 0.2) is 11.6 Å². The highest BCUT2D eigenvalue weighted by Crippen LogP contribution is 2.64. The second-order valence-electron chi connectivity index (χ2n) is 9.55. The zero-order valence-corrected chi connectivity index (χ0v) is 19.9. The summed E-state index contributed by atoms with van der Waals surface area (Å²) in [7, 11) is 0. The van der Waals surface area contributed by atoms with E-state index in [9.17, 15) is 14.7 Å². The molecule has 3 heteroatoms. The predicted molar refractivity (Wildman–Crippen MR) is 139 cm³/mol. The van der Waals surface area contributed by atoms with E-state index in [4.69, 9.17) is 0 Å². The van der Waals surface area contributed by atoms with Crippen molar-refractivity contribution in [3.8, 4) is 0 Å². The maximum Gasteiger partial charge on any atom is 0.190 e. The van der Waals surface area contributed by atoms with E-state index < -0.39 is 10.8 Å². The molecule has 174 valence electrons. The van der Waals surface area contributed by atoms with Gasteiger partial charge in [-0.05, 0) is 34.7 Å². The first-order chi connectivity index (χ1) is 17.4. The van der Waals surface area contributed by atoms with Crippen LogP contribution in [0, 0.1) is 13.0 Å². The van der Waals surface area contributed by atoms with Crippen molar-refractivity contribution in [2.75, 3.05) is 0 Å². The van der Waals surface area contributed by atoms with Gasteiger partial charge in [0.2, 0.25) is 0 Å². The first-order valence-corrected chi connectivity index (χ1v) is 12.0. The molecule has 0 aromatic heterocycles. The normalized spacial score (nSPS) is 21.8. The number of allylic oxidation sites excluding steroid dienone is 1. The Kier molecular flexibility index (Phi) is 4.96. The van der Waals surface area contributed by atoms with E-state index in [2.05, 4.69) is 6.92 Å². The van der Waals surface area contributed by atoms with Crippen LogP contribution >= 0.6 is 0 Å². The van der Waals surface area contributed by atoms with E-state index in [0.717, 1.165) is 22.3 Å². The number of hydrogen-bond acceptors (Lipinski definition) is 3. The summed E-state index contributed by atoms with van der Waals surface area (Å²) in [5, 5.41) is 11.9. The average molecular weight is 469 g/mol. The number of ketones is 2. The summed E-state index contributed by atoms with van der Waals surface area (Å²) >= 11 is 0. The van der Waals surface area contributed by atoms with E-state index in [1.165, 1.54) is 0 Å². The van der Waals surface area contributed by atoms with Gasteiger partial charge in [-0.1, -0.05) is 109 Å². The molecular weight excluding hydrogens is 444 g/mol. The Labute approximate surface area is 210 Å². The first kappa shape index (κ1) is 22.4. The standard InChI is InChI=1S/C33H24O3/c1-21(34)33-26-19-11-9-17-24(26)32(2,25-18-10-12-20-27(25)33)28(30(35)22-13-5-3-6-14-22)29(33)31(36)23-15-7-4-8-16-23/h3-20,36H,1H2,2H3. The molecule has 0 amide bonds. The maximum absolute atomic E-state index is 14.4. The van der Waals surface area contributed by atoms with E-state index in [1.807, 2.05) is 91.9 Å². The van der Waals surface area contributed by atoms with Gasteiger partial charge in [0.25, 0.3) is 0 Å². The lowest BCUT2D eigenvalue weighted by Gasteiger charge is -2.55. The highest BCUT2D eigenvalue weighted by molar-refractivity contribution is 6.17. The fraction of sp³-hybridized carbons (Fsp3) is 0.0909. The molecule has 0 atom stereocenters. The summed E-state index contributed by atoms with van der Waals surface area (Å²) in [5.41, 5.74) is 2.72. The minimum atomic E-state index is -1.43. The van der Waals surface area contributed by atoms with Gasteiger partial charge in [0.1, 0.15) is 11.5 Å². The second kappa shape index (κ2) is 7.97. The molecule has 3 nitrogen and oxygen atoms in total. The number of aliphatic hydroxyl groups excluding tert-OH is 1. The van der Waals surface area contributed by atoms with Gasteiger partial charge in [-0.15, -0.1) is 0 Å². The third-order valence-corrected chi connectivity index (χ3v) is 7.83. The van der Waals surface area contributed by atoms with Crippen LogP contribution in [0.3, 0.4) is 0 Å². The highest BCUT2D eigenvalue weighted by atomic mass is 16.3. The fourth-order valence-electron chi connectivity index (χ4n) is 6.31. The molecule has 3 aliphatic carbocycles. The number of rotatable bonds is 5. The van der Waals surface area contributed by atoms with Crippen LogP contribution in [0.15, 0.2) is 120 Å². The van der Waals surface area contributed by atoms with Crippen LogP contribution in [0.2, 0.25) is 0 Å². The van der Waals surface area contributed by atoms with E-state index in [1.54, 1.807) is 24.3 Å². The Morgan fingerprint density at radius 1 is 0.611 bits per heavy atom. The monoisotopic (exact) mass is 468 g/mol. The Morgan fingerprint density at radius 2 is 1.03 bits per heavy atom. The lowest BCUT2D eigenvalue weighted by Crippen LogP contribution is -2.55. The van der Waals surface area contributed by atoms with Gasteiger partial charge in [0, 0.05) is 29.0 Å². The summed E-state index contributed by atoms with van der Waals surface area (Å²) in [6, 6.07) is 33.6. The van der Waals surface area contributed by atoms with Gasteiger partial charge < -0.3 is 5.11 Å². The quantitative estimate of drug-likeness (QED) is 0.358. The minimum absolute atomic E-state index is 0.0814. The summed E-state index contributed by atoms with van der Waals surface area (Å²) in [6.07, 6.45) is -0.0814. The molecule has 0 spiro atoms. The topological polar surface area (TPSA) is 54.4 Å². The molecule has 7 rings (SSSR count). The largest absolute Gasteiger partial charge is 0.377 e. The third kappa shape index (κ3) is 2.72. The van der Waals surface area contributed by atoms with Crippen LogP contribution in [0.1, 0.15) is 45.1 Å². The molecule has 0 unspecified atom stereocenters. The molecule has 2 radical (unpaired) electrons. The predicted octanol–water partition coefficient (Wildman–Crippen LogP) is 6.14. The van der Waals surface area contributed by atoms with Crippen LogP contribution in [0.5, 0.6) is 0 Å². The van der Waals surface area contributed by atoms with Crippen molar-refractivity contribution >= 4 is 11.6 Å². The molecule has 4 aromatic rings. The zero-order chi connectivity index (χ0) is 25.1. The maximum atomic E-state index is 14.4. The number of benzene rings is 4. The van der Waals surface area contributed by atoms with Gasteiger partial charge >= 0.3 is 0 Å². The second-order valence-corrected chi connectivity index (χ2v) is 9.55. The van der Waals surface area contributed by atoms with E-state index >= 15 is 0 Å². The molecule has 0 fully saturated rings. The Balaban J connectivity index is 1.81. The molecule has 36 heavy (non-hydrogen) atoms. The van der Waals surface area contributed by atoms with Crippen molar-refractivity contribution < 1.29 is 14.7 Å². The smallest absolute Gasteiger partial charge is 0.190 e. The fourth-order valence-corrected chi connectivity index (χ4v) is 6.31. The van der Waals surface area contributed by atoms with Crippen LogP contribution in [0.25, 0.3) is 0 Å². The van der Waals surface area contributed by atoms with Gasteiger partial charge in [-0.2, -0.15) is 0 Å². The number of hydrogen-bond donors (Lipinski definition) is 1. The number of Topliss-reactive ketones (excluding diaryl/α,β-unsaturated/α-hetero) is 2. The van der Waals surface area contributed by atoms with Crippen LogP contribution in [-0.2, 0) is 15.6 Å². The van der Waals surface area contributed by atoms with Crippen molar-refractivity contribution in [2.24, 2.45) is 0 Å². The van der Waals surface area contributed by atoms with Gasteiger partial charge in [-0.3, -0.25) is 9.59 Å². The average Bonchev–Trinajstić information content (AvgIpc) is 2.93. The van der Waals surface area contributed by atoms with Gasteiger partial charge in [-0.25, -0.2) is 0 Å². The summed E-state index contributed by atoms with van der Waals surface area (Å²) in [5.74, 6) is -0.606. The molecule has 1 N–H and O–H groups in total. The highest BCUT2D eigenvalue weighted by Gasteiger charge is 2.63. The SMILES string of the molecule is [CH2]C(=O)C12C([C](O)c3ccccc3)=C(C(=O)c3ccccc3)C(C)(c3ccccc31)c1ccccc12. The van der Waals surface area contributed by atoms with Crippen molar-refractivity contribution in [1.29, 1.82) is 0 Å². The van der Waals surface area contributed by atoms with E-state index in [0.29, 0.717) is 22.3 Å². The Bertz CT molecular complexity index is 1500. The molecule has 0 saturated carbocycles. The van der Waals surface area contributed by atoms with E-state index in [-0.39, 0.29) is 17.7 Å². The molecule has 0 aliphatic heterocycles. The van der Waals surface area contributed by atoms with Crippen LogP contribution < -0.4 is 0 Å². The molecule has 4 aromatic carbocycles. The summed E-state index contributed by atoms with van der Waals surface area (Å²) in [6.45, 7) is 5.96. The minimum Gasteiger partial charge on any atom is -0.377 e. The van der Waals surface area contributed by atoms with Crippen LogP contribution in [-0.4, -0.2) is 16.7 Å². The zero-order valence-electron chi connectivity index (χ0n) is 19.9. The number of carbonyl (C=O) groups is 2. The van der Waals surface area contributed by atoms with Gasteiger partial charge in [0.05, 0.1) is 0 Å². The van der Waals surface area contributed by atoms with Crippen molar-refractivity contribution in [1.82, 2.24) is 0 Å². The molecular formula is C33H24O3. The lowest BCUT2D eigenvalue weighted by molar-refractivity contribution is -0.118. The molecule has 0 heterocycles. The van der Waals surface area contributed by atoms with Crippen molar-refractivity contribution in [3.63, 3.8) is 0 Å². The number of carbonyl (C=O) groups excluding carboxylic acids is 2. The van der Waals surface area contributed by atoms with Crippen molar-refractivity contribution in [3.05, 3.63) is 167 Å². The molecule has 2 bridgehead atoms. The summed E-state index contributed by atoms with van der Waals surface area (Å²) < 4.78 is 0. The number of aliphatic hydroxyl groups is 1. The Morgan fingerprint density at radius 3 is 1.50 bits per heavy atom.